The van der Waals surface area contributed by atoms with Crippen molar-refractivity contribution in [1.82, 2.24) is 20.3 Å². The predicted octanol–water partition coefficient (Wildman–Crippen LogP) is 0.484. The lowest BCUT2D eigenvalue weighted by Gasteiger charge is -2.05. The predicted molar refractivity (Wildman–Crippen MR) is 71.6 cm³/mol. The number of fused-ring (bicyclic) bond motifs is 1. The summed E-state index contributed by atoms with van der Waals surface area (Å²) < 4.78 is 1.20. The number of hydrogen-bond acceptors (Lipinski definition) is 4. The Bertz CT molecular complexity index is 663. The topological polar surface area (TPSA) is 76.9 Å². The normalized spacial score (nSPS) is 10.3. The number of nitrogens with zero attached hydrogens (tertiary/aromatic N) is 3. The molecule has 0 aliphatic rings. The zero-order valence-electron chi connectivity index (χ0n) is 10.4. The minimum Gasteiger partial charge on any atom is -0.353 e. The van der Waals surface area contributed by atoms with Gasteiger partial charge in [-0.25, -0.2) is 4.68 Å². The molecule has 0 fully saturated rings. The molecule has 1 amide bonds. The molecule has 0 saturated carbocycles. The van der Waals surface area contributed by atoms with Crippen molar-refractivity contribution in [3.05, 3.63) is 47.3 Å². The number of aryl methyl sites for hydroxylation is 1. The maximum Gasteiger partial charge on any atom is 0.277 e. The second kappa shape index (κ2) is 5.90. The Kier molecular flexibility index (Phi) is 4.02. The van der Waals surface area contributed by atoms with Crippen molar-refractivity contribution in [2.75, 3.05) is 6.54 Å². The van der Waals surface area contributed by atoms with Gasteiger partial charge < -0.3 is 5.32 Å². The zero-order valence-corrected chi connectivity index (χ0v) is 10.4. The fourth-order valence-corrected chi connectivity index (χ4v) is 1.65. The fourth-order valence-electron chi connectivity index (χ4n) is 1.65. The summed E-state index contributed by atoms with van der Waals surface area (Å²) in [6.45, 7) is 4.13. The van der Waals surface area contributed by atoms with Gasteiger partial charge in [-0.2, -0.15) is 0 Å². The molecule has 1 aromatic heterocycles. The van der Waals surface area contributed by atoms with Gasteiger partial charge in [-0.15, -0.1) is 11.7 Å². The van der Waals surface area contributed by atoms with Crippen LogP contribution in [0.1, 0.15) is 6.42 Å². The molecule has 0 aliphatic carbocycles. The quantitative estimate of drug-likeness (QED) is 0.791. The second-order valence-corrected chi connectivity index (χ2v) is 3.98. The summed E-state index contributed by atoms with van der Waals surface area (Å²) >= 11 is 0. The van der Waals surface area contributed by atoms with Crippen molar-refractivity contribution >= 4 is 16.8 Å². The molecule has 0 atom stereocenters. The highest BCUT2D eigenvalue weighted by atomic mass is 16.2. The van der Waals surface area contributed by atoms with E-state index in [-0.39, 0.29) is 24.4 Å². The highest BCUT2D eigenvalue weighted by molar-refractivity contribution is 5.77. The van der Waals surface area contributed by atoms with E-state index in [1.807, 2.05) is 0 Å². The first kappa shape index (κ1) is 12.9. The molecule has 0 unspecified atom stereocenters. The van der Waals surface area contributed by atoms with Gasteiger partial charge >= 0.3 is 0 Å². The van der Waals surface area contributed by atoms with Crippen LogP contribution < -0.4 is 10.9 Å². The fraction of sp³-hybridized carbons (Fsp3) is 0.231. The van der Waals surface area contributed by atoms with Crippen LogP contribution in [0, 0.1) is 0 Å². The molecular formula is C13H14N4O2. The molecular weight excluding hydrogens is 244 g/mol. The zero-order chi connectivity index (χ0) is 13.7. The average molecular weight is 258 g/mol. The van der Waals surface area contributed by atoms with E-state index in [9.17, 15) is 9.59 Å². The third-order valence-electron chi connectivity index (χ3n) is 2.62. The molecule has 0 bridgehead atoms. The van der Waals surface area contributed by atoms with Gasteiger partial charge in [-0.3, -0.25) is 9.59 Å². The Morgan fingerprint density at radius 1 is 1.42 bits per heavy atom. The van der Waals surface area contributed by atoms with E-state index in [4.69, 9.17) is 0 Å². The van der Waals surface area contributed by atoms with E-state index < -0.39 is 0 Å². The van der Waals surface area contributed by atoms with E-state index in [0.29, 0.717) is 17.4 Å². The van der Waals surface area contributed by atoms with E-state index in [1.165, 1.54) is 4.68 Å². The molecule has 1 heterocycles. The van der Waals surface area contributed by atoms with Crippen LogP contribution in [0.3, 0.4) is 0 Å². The van der Waals surface area contributed by atoms with Gasteiger partial charge in [0.25, 0.3) is 5.56 Å². The second-order valence-electron chi connectivity index (χ2n) is 3.98. The summed E-state index contributed by atoms with van der Waals surface area (Å²) in [6.07, 6.45) is 1.78. The molecule has 98 valence electrons. The first-order valence-electron chi connectivity index (χ1n) is 5.92. The van der Waals surface area contributed by atoms with Crippen LogP contribution in [0.15, 0.2) is 41.7 Å². The summed E-state index contributed by atoms with van der Waals surface area (Å²) in [6, 6.07) is 6.99. The van der Waals surface area contributed by atoms with Crippen molar-refractivity contribution < 1.29 is 4.79 Å². The Morgan fingerprint density at radius 2 is 2.21 bits per heavy atom. The van der Waals surface area contributed by atoms with Gasteiger partial charge in [0.1, 0.15) is 5.52 Å². The number of aromatic nitrogens is 3. The number of carbonyl (C=O) groups is 1. The molecule has 0 radical (unpaired) electrons. The first-order chi connectivity index (χ1) is 9.22. The summed E-state index contributed by atoms with van der Waals surface area (Å²) in [5.41, 5.74) is 0.321. The van der Waals surface area contributed by atoms with E-state index >= 15 is 0 Å². The van der Waals surface area contributed by atoms with Crippen molar-refractivity contribution in [1.29, 1.82) is 0 Å². The summed E-state index contributed by atoms with van der Waals surface area (Å²) in [4.78, 5) is 23.5. The molecule has 2 aromatic rings. The molecule has 0 aliphatic heterocycles. The van der Waals surface area contributed by atoms with Crippen molar-refractivity contribution in [2.45, 2.75) is 13.0 Å². The van der Waals surface area contributed by atoms with Gasteiger partial charge in [0.15, 0.2) is 0 Å². The van der Waals surface area contributed by atoms with Crippen LogP contribution in [-0.4, -0.2) is 27.4 Å². The summed E-state index contributed by atoms with van der Waals surface area (Å²) in [7, 11) is 0. The number of benzene rings is 1. The summed E-state index contributed by atoms with van der Waals surface area (Å²) in [5, 5.41) is 10.9. The van der Waals surface area contributed by atoms with Crippen LogP contribution in [-0.2, 0) is 11.3 Å². The highest BCUT2D eigenvalue weighted by Crippen LogP contribution is 2.03. The number of hydrogen-bond donors (Lipinski definition) is 1. The van der Waals surface area contributed by atoms with Gasteiger partial charge in [-0.05, 0) is 12.1 Å². The minimum absolute atomic E-state index is 0.151. The molecule has 1 N–H and O–H groups in total. The van der Waals surface area contributed by atoms with E-state index in [2.05, 4.69) is 22.2 Å². The van der Waals surface area contributed by atoms with Crippen molar-refractivity contribution in [3.63, 3.8) is 0 Å². The van der Waals surface area contributed by atoms with Crippen LogP contribution in [0.25, 0.3) is 10.9 Å². The number of amides is 1. The third-order valence-corrected chi connectivity index (χ3v) is 2.62. The maximum absolute atomic E-state index is 12.1. The van der Waals surface area contributed by atoms with Gasteiger partial charge in [0, 0.05) is 13.0 Å². The molecule has 2 rings (SSSR count). The molecule has 1 aromatic carbocycles. The SMILES string of the molecule is C=CCNC(=O)CCn1nnc2ccccc2c1=O. The first-order valence-corrected chi connectivity index (χ1v) is 5.92. The smallest absolute Gasteiger partial charge is 0.277 e. The Morgan fingerprint density at radius 3 is 3.00 bits per heavy atom. The van der Waals surface area contributed by atoms with Crippen LogP contribution in [0.5, 0.6) is 0 Å². The minimum atomic E-state index is -0.234. The Balaban J connectivity index is 2.13. The Labute approximate surface area is 109 Å². The van der Waals surface area contributed by atoms with Crippen LogP contribution >= 0.6 is 0 Å². The van der Waals surface area contributed by atoms with Gasteiger partial charge in [0.2, 0.25) is 5.91 Å². The highest BCUT2D eigenvalue weighted by Gasteiger charge is 2.06. The molecule has 0 saturated heterocycles. The van der Waals surface area contributed by atoms with Gasteiger partial charge in [0.05, 0.1) is 11.9 Å². The lowest BCUT2D eigenvalue weighted by molar-refractivity contribution is -0.121. The number of rotatable bonds is 5. The molecule has 19 heavy (non-hydrogen) atoms. The van der Waals surface area contributed by atoms with Crippen LogP contribution in [0.4, 0.5) is 0 Å². The Hall–Kier alpha value is -2.50. The van der Waals surface area contributed by atoms with Crippen molar-refractivity contribution in [3.8, 4) is 0 Å². The average Bonchev–Trinajstić information content (AvgIpc) is 2.44. The van der Waals surface area contributed by atoms with E-state index in [1.54, 1.807) is 30.3 Å². The standard InChI is InChI=1S/C13H14N4O2/c1-2-8-14-12(18)7-9-17-13(19)10-5-3-4-6-11(10)15-16-17/h2-6H,1,7-9H2,(H,14,18). The summed E-state index contributed by atoms with van der Waals surface area (Å²) in [5.74, 6) is -0.151. The van der Waals surface area contributed by atoms with Crippen molar-refractivity contribution in [2.24, 2.45) is 0 Å². The third kappa shape index (κ3) is 3.04. The largest absolute Gasteiger partial charge is 0.353 e. The lowest BCUT2D eigenvalue weighted by Crippen LogP contribution is -2.29. The van der Waals surface area contributed by atoms with Gasteiger partial charge in [-0.1, -0.05) is 23.4 Å². The van der Waals surface area contributed by atoms with E-state index in [0.717, 1.165) is 0 Å². The molecule has 6 heteroatoms. The molecule has 6 nitrogen and oxygen atoms in total. The monoisotopic (exact) mass is 258 g/mol. The molecule has 0 spiro atoms. The lowest BCUT2D eigenvalue weighted by atomic mass is 10.2. The van der Waals surface area contributed by atoms with Crippen LogP contribution in [0.2, 0.25) is 0 Å². The number of carbonyl (C=O) groups excluding carboxylic acids is 1. The number of nitrogens with one attached hydrogen (secondary N) is 1. The maximum atomic E-state index is 12.1.